The minimum Gasteiger partial charge on any atom is -0.480 e. The van der Waals surface area contributed by atoms with Crippen molar-refractivity contribution in [3.63, 3.8) is 0 Å². The van der Waals surface area contributed by atoms with Crippen molar-refractivity contribution in [2.75, 3.05) is 0 Å². The molecule has 132 valence electrons. The molecule has 2 aromatic rings. The molecular weight excluding hydrogens is 316 g/mol. The SMILES string of the molecule is Cc1cc(C(=O)NC2(C(=O)O)CCCC2)c(C)n1Cc1ccccc1. The highest BCUT2D eigenvalue weighted by Crippen LogP contribution is 2.30. The first-order valence-corrected chi connectivity index (χ1v) is 8.69. The van der Waals surface area contributed by atoms with Crippen molar-refractivity contribution in [2.45, 2.75) is 51.6 Å². The topological polar surface area (TPSA) is 71.3 Å². The highest BCUT2D eigenvalue weighted by molar-refractivity contribution is 5.99. The number of carboxylic acids is 1. The smallest absolute Gasteiger partial charge is 0.329 e. The summed E-state index contributed by atoms with van der Waals surface area (Å²) in [5.74, 6) is -1.23. The molecule has 1 amide bonds. The van der Waals surface area contributed by atoms with E-state index in [2.05, 4.69) is 22.0 Å². The van der Waals surface area contributed by atoms with E-state index in [0.29, 0.717) is 24.9 Å². The molecule has 1 heterocycles. The number of rotatable bonds is 5. The minimum atomic E-state index is -1.11. The largest absolute Gasteiger partial charge is 0.480 e. The highest BCUT2D eigenvalue weighted by atomic mass is 16.4. The van der Waals surface area contributed by atoms with E-state index in [9.17, 15) is 14.7 Å². The fourth-order valence-corrected chi connectivity index (χ4v) is 3.70. The van der Waals surface area contributed by atoms with Crippen LogP contribution in [0.5, 0.6) is 0 Å². The molecule has 1 aliphatic carbocycles. The van der Waals surface area contributed by atoms with Gasteiger partial charge >= 0.3 is 5.97 Å². The Labute approximate surface area is 147 Å². The normalized spacial score (nSPS) is 15.9. The number of amides is 1. The Bertz CT molecular complexity index is 787. The van der Waals surface area contributed by atoms with Crippen molar-refractivity contribution in [3.8, 4) is 0 Å². The molecule has 1 aromatic carbocycles. The van der Waals surface area contributed by atoms with Crippen molar-refractivity contribution >= 4 is 11.9 Å². The lowest BCUT2D eigenvalue weighted by atomic mass is 9.97. The van der Waals surface area contributed by atoms with Crippen LogP contribution in [0.15, 0.2) is 36.4 Å². The van der Waals surface area contributed by atoms with E-state index in [-0.39, 0.29) is 5.91 Å². The van der Waals surface area contributed by atoms with Gasteiger partial charge in [0.1, 0.15) is 5.54 Å². The predicted octanol–water partition coefficient (Wildman–Crippen LogP) is 3.28. The first kappa shape index (κ1) is 17.3. The van der Waals surface area contributed by atoms with E-state index < -0.39 is 11.5 Å². The average molecular weight is 340 g/mol. The molecule has 0 unspecified atom stereocenters. The van der Waals surface area contributed by atoms with Crippen molar-refractivity contribution in [2.24, 2.45) is 0 Å². The summed E-state index contributed by atoms with van der Waals surface area (Å²) in [6.45, 7) is 4.57. The lowest BCUT2D eigenvalue weighted by Crippen LogP contribution is -2.52. The summed E-state index contributed by atoms with van der Waals surface area (Å²) in [6.07, 6.45) is 2.66. The van der Waals surface area contributed by atoms with Crippen LogP contribution in [0, 0.1) is 13.8 Å². The summed E-state index contributed by atoms with van der Waals surface area (Å²) in [7, 11) is 0. The summed E-state index contributed by atoms with van der Waals surface area (Å²) in [5, 5.41) is 12.4. The Hall–Kier alpha value is -2.56. The first-order chi connectivity index (χ1) is 11.9. The summed E-state index contributed by atoms with van der Waals surface area (Å²) >= 11 is 0. The Morgan fingerprint density at radius 1 is 1.16 bits per heavy atom. The van der Waals surface area contributed by atoms with Gasteiger partial charge in [-0.15, -0.1) is 0 Å². The number of carbonyl (C=O) groups is 2. The standard InChI is InChI=1S/C20H24N2O3/c1-14-12-17(15(2)22(14)13-16-8-4-3-5-9-16)18(23)21-20(19(24)25)10-6-7-11-20/h3-5,8-9,12H,6-7,10-11,13H2,1-2H3,(H,21,23)(H,24,25). The number of aromatic nitrogens is 1. The van der Waals surface area contributed by atoms with Crippen LogP contribution in [0.25, 0.3) is 0 Å². The first-order valence-electron chi connectivity index (χ1n) is 8.69. The highest BCUT2D eigenvalue weighted by Gasteiger charge is 2.43. The third kappa shape index (κ3) is 3.31. The van der Waals surface area contributed by atoms with Crippen LogP contribution in [0.2, 0.25) is 0 Å². The van der Waals surface area contributed by atoms with Crippen LogP contribution in [0.4, 0.5) is 0 Å². The molecule has 2 N–H and O–H groups in total. The molecule has 5 nitrogen and oxygen atoms in total. The zero-order chi connectivity index (χ0) is 18.0. The molecule has 0 aliphatic heterocycles. The Kier molecular flexibility index (Phi) is 4.66. The second-order valence-electron chi connectivity index (χ2n) is 6.91. The maximum absolute atomic E-state index is 12.8. The molecule has 0 spiro atoms. The molecule has 0 atom stereocenters. The molecule has 1 aliphatic rings. The average Bonchev–Trinajstić information content (AvgIpc) is 3.17. The fraction of sp³-hybridized carbons (Fsp3) is 0.400. The van der Waals surface area contributed by atoms with E-state index in [1.165, 1.54) is 0 Å². The number of nitrogens with zero attached hydrogens (tertiary/aromatic N) is 1. The number of hydrogen-bond donors (Lipinski definition) is 2. The van der Waals surface area contributed by atoms with Gasteiger partial charge in [0.15, 0.2) is 0 Å². The Morgan fingerprint density at radius 3 is 2.40 bits per heavy atom. The third-order valence-corrected chi connectivity index (χ3v) is 5.22. The van der Waals surface area contributed by atoms with E-state index in [0.717, 1.165) is 29.8 Å². The minimum absolute atomic E-state index is 0.295. The van der Waals surface area contributed by atoms with Gasteiger partial charge in [0.2, 0.25) is 0 Å². The molecule has 1 fully saturated rings. The number of aryl methyl sites for hydroxylation is 1. The third-order valence-electron chi connectivity index (χ3n) is 5.22. The molecule has 0 radical (unpaired) electrons. The van der Waals surface area contributed by atoms with Gasteiger partial charge in [-0.05, 0) is 38.3 Å². The summed E-state index contributed by atoms with van der Waals surface area (Å²) in [4.78, 5) is 24.4. The van der Waals surface area contributed by atoms with Crippen LogP contribution in [-0.2, 0) is 11.3 Å². The van der Waals surface area contributed by atoms with Crippen molar-refractivity contribution < 1.29 is 14.7 Å². The van der Waals surface area contributed by atoms with Crippen LogP contribution in [0.1, 0.15) is 53.0 Å². The lowest BCUT2D eigenvalue weighted by Gasteiger charge is -2.25. The van der Waals surface area contributed by atoms with Crippen molar-refractivity contribution in [1.82, 2.24) is 9.88 Å². The van der Waals surface area contributed by atoms with Gasteiger partial charge in [-0.3, -0.25) is 4.79 Å². The Morgan fingerprint density at radius 2 is 1.80 bits per heavy atom. The molecule has 3 rings (SSSR count). The molecular formula is C20H24N2O3. The second-order valence-corrected chi connectivity index (χ2v) is 6.91. The number of aliphatic carboxylic acids is 1. The number of nitrogens with one attached hydrogen (secondary N) is 1. The molecule has 0 saturated heterocycles. The van der Waals surface area contributed by atoms with Gasteiger partial charge in [-0.1, -0.05) is 43.2 Å². The van der Waals surface area contributed by atoms with Crippen LogP contribution >= 0.6 is 0 Å². The fourth-order valence-electron chi connectivity index (χ4n) is 3.70. The zero-order valence-electron chi connectivity index (χ0n) is 14.7. The van der Waals surface area contributed by atoms with Gasteiger partial charge in [0.05, 0.1) is 5.56 Å². The van der Waals surface area contributed by atoms with Crippen LogP contribution in [0.3, 0.4) is 0 Å². The van der Waals surface area contributed by atoms with E-state index in [1.54, 1.807) is 0 Å². The van der Waals surface area contributed by atoms with Gasteiger partial charge in [0, 0.05) is 17.9 Å². The van der Waals surface area contributed by atoms with Crippen molar-refractivity contribution in [3.05, 3.63) is 58.9 Å². The zero-order valence-corrected chi connectivity index (χ0v) is 14.7. The number of carbonyl (C=O) groups excluding carboxylic acids is 1. The van der Waals surface area contributed by atoms with Crippen molar-refractivity contribution in [1.29, 1.82) is 0 Å². The summed E-state index contributed by atoms with van der Waals surface area (Å²) < 4.78 is 2.09. The van der Waals surface area contributed by atoms with E-state index >= 15 is 0 Å². The van der Waals surface area contributed by atoms with Gasteiger partial charge < -0.3 is 15.0 Å². The second kappa shape index (κ2) is 6.75. The number of hydrogen-bond acceptors (Lipinski definition) is 2. The molecule has 1 aromatic heterocycles. The maximum atomic E-state index is 12.8. The lowest BCUT2D eigenvalue weighted by molar-refractivity contribution is -0.144. The van der Waals surface area contributed by atoms with Gasteiger partial charge in [-0.25, -0.2) is 4.79 Å². The number of benzene rings is 1. The summed E-state index contributed by atoms with van der Waals surface area (Å²) in [5.41, 5.74) is 2.45. The molecule has 0 bridgehead atoms. The summed E-state index contributed by atoms with van der Waals surface area (Å²) in [6, 6.07) is 11.9. The predicted molar refractivity (Wildman–Crippen MR) is 95.8 cm³/mol. The quantitative estimate of drug-likeness (QED) is 0.877. The monoisotopic (exact) mass is 340 g/mol. The Balaban J connectivity index is 1.84. The maximum Gasteiger partial charge on any atom is 0.329 e. The van der Waals surface area contributed by atoms with Crippen LogP contribution in [-0.4, -0.2) is 27.1 Å². The van der Waals surface area contributed by atoms with Gasteiger partial charge in [-0.2, -0.15) is 0 Å². The van der Waals surface area contributed by atoms with E-state index in [4.69, 9.17) is 0 Å². The van der Waals surface area contributed by atoms with Gasteiger partial charge in [0.25, 0.3) is 5.91 Å². The van der Waals surface area contributed by atoms with Crippen LogP contribution < -0.4 is 5.32 Å². The van der Waals surface area contributed by atoms with E-state index in [1.807, 2.05) is 38.1 Å². The number of carboxylic acid groups (broad SMARTS) is 1. The molecule has 25 heavy (non-hydrogen) atoms. The molecule has 5 heteroatoms. The molecule has 1 saturated carbocycles.